The van der Waals surface area contributed by atoms with Gasteiger partial charge in [-0.15, -0.1) is 0 Å². The van der Waals surface area contributed by atoms with Crippen molar-refractivity contribution in [1.82, 2.24) is 5.01 Å². The molecule has 0 fully saturated rings. The van der Waals surface area contributed by atoms with Gasteiger partial charge >= 0.3 is 0 Å². The van der Waals surface area contributed by atoms with Crippen LogP contribution in [0.15, 0.2) is 76.3 Å². The summed E-state index contributed by atoms with van der Waals surface area (Å²) in [5.74, 6) is 1.69. The van der Waals surface area contributed by atoms with Gasteiger partial charge in [-0.1, -0.05) is 64.0 Å². The Labute approximate surface area is 178 Å². The van der Waals surface area contributed by atoms with Crippen molar-refractivity contribution in [2.75, 3.05) is 7.11 Å². The van der Waals surface area contributed by atoms with Crippen molar-refractivity contribution in [3.63, 3.8) is 0 Å². The number of fused-ring (bicyclic) bond motifs is 3. The quantitative estimate of drug-likeness (QED) is 0.491. The van der Waals surface area contributed by atoms with Gasteiger partial charge in [-0.05, 0) is 36.8 Å². The second-order valence-electron chi connectivity index (χ2n) is 7.41. The van der Waals surface area contributed by atoms with E-state index < -0.39 is 0 Å². The first-order valence-corrected chi connectivity index (χ1v) is 10.5. The number of ether oxygens (including phenoxy) is 2. The lowest BCUT2D eigenvalue weighted by Crippen LogP contribution is -2.33. The molecule has 2 atom stereocenters. The maximum atomic E-state index is 6.45. The van der Waals surface area contributed by atoms with Crippen molar-refractivity contribution in [2.24, 2.45) is 5.10 Å². The fourth-order valence-corrected chi connectivity index (χ4v) is 4.44. The van der Waals surface area contributed by atoms with Gasteiger partial charge in [-0.2, -0.15) is 5.10 Å². The minimum Gasteiger partial charge on any atom is -0.496 e. The van der Waals surface area contributed by atoms with Crippen molar-refractivity contribution in [3.05, 3.63) is 93.5 Å². The third-order valence-corrected chi connectivity index (χ3v) is 6.03. The van der Waals surface area contributed by atoms with E-state index >= 15 is 0 Å². The highest BCUT2D eigenvalue weighted by molar-refractivity contribution is 9.10. The van der Waals surface area contributed by atoms with E-state index in [1.165, 1.54) is 11.1 Å². The second-order valence-corrected chi connectivity index (χ2v) is 8.32. The fourth-order valence-electron chi connectivity index (χ4n) is 4.06. The van der Waals surface area contributed by atoms with Crippen LogP contribution in [0.5, 0.6) is 11.5 Å². The molecular formula is C24H21BrN2O2. The summed E-state index contributed by atoms with van der Waals surface area (Å²) in [6.45, 7) is 2.10. The Balaban J connectivity index is 1.62. The van der Waals surface area contributed by atoms with E-state index in [1.807, 2.05) is 30.3 Å². The molecule has 0 bridgehead atoms. The largest absolute Gasteiger partial charge is 0.496 e. The normalized spacial score (nSPS) is 19.8. The average molecular weight is 449 g/mol. The number of rotatable bonds is 3. The van der Waals surface area contributed by atoms with E-state index in [0.29, 0.717) is 0 Å². The van der Waals surface area contributed by atoms with E-state index in [-0.39, 0.29) is 12.3 Å². The Hall–Kier alpha value is -2.79. The molecule has 3 aromatic carbocycles. The van der Waals surface area contributed by atoms with E-state index in [4.69, 9.17) is 14.6 Å². The molecule has 146 valence electrons. The summed E-state index contributed by atoms with van der Waals surface area (Å²) in [5, 5.41) is 7.11. The van der Waals surface area contributed by atoms with E-state index in [9.17, 15) is 0 Å². The van der Waals surface area contributed by atoms with Crippen LogP contribution in [0.25, 0.3) is 0 Å². The van der Waals surface area contributed by atoms with Crippen molar-refractivity contribution in [3.8, 4) is 11.5 Å². The minimum atomic E-state index is -0.356. The third kappa shape index (κ3) is 3.19. The molecule has 0 N–H and O–H groups in total. The SMILES string of the molecule is COc1ccc(Br)cc1[C@@H]1Oc2ccccc2[C@H]2CC(c3ccc(C)cc3)=NN21. The number of para-hydroxylation sites is 1. The number of benzene rings is 3. The number of nitrogens with zero attached hydrogens (tertiary/aromatic N) is 2. The summed E-state index contributed by atoms with van der Waals surface area (Å²) in [6, 6.07) is 22.9. The predicted molar refractivity (Wildman–Crippen MR) is 117 cm³/mol. The Morgan fingerprint density at radius 2 is 1.83 bits per heavy atom. The molecule has 2 aliphatic rings. The number of aryl methyl sites for hydroxylation is 1. The van der Waals surface area contributed by atoms with Gasteiger partial charge in [0.2, 0.25) is 6.23 Å². The summed E-state index contributed by atoms with van der Waals surface area (Å²) in [6.07, 6.45) is 0.487. The lowest BCUT2D eigenvalue weighted by atomic mass is 9.95. The van der Waals surface area contributed by atoms with Crippen molar-refractivity contribution in [1.29, 1.82) is 0 Å². The Morgan fingerprint density at radius 1 is 1.03 bits per heavy atom. The molecule has 4 nitrogen and oxygen atoms in total. The Bertz CT molecular complexity index is 1090. The average Bonchev–Trinajstić information content (AvgIpc) is 3.19. The van der Waals surface area contributed by atoms with Gasteiger partial charge in [0, 0.05) is 16.5 Å². The zero-order valence-electron chi connectivity index (χ0n) is 16.3. The standard InChI is InChI=1S/C24H21BrN2O2/c1-15-7-9-16(10-8-15)20-14-21-18-5-3-4-6-23(18)29-24(27(21)26-20)19-13-17(25)11-12-22(19)28-2/h3-13,21,24H,14H2,1-2H3/t21-,24+/m1/s1. The van der Waals surface area contributed by atoms with Crippen LogP contribution in [0.4, 0.5) is 0 Å². The highest BCUT2D eigenvalue weighted by Gasteiger charge is 2.41. The lowest BCUT2D eigenvalue weighted by molar-refractivity contribution is -0.0203. The molecule has 3 aromatic rings. The molecule has 0 saturated heterocycles. The molecule has 2 heterocycles. The van der Waals surface area contributed by atoms with E-state index in [1.54, 1.807) is 7.11 Å². The number of halogens is 1. The molecule has 0 aromatic heterocycles. The van der Waals surface area contributed by atoms with Crippen LogP contribution >= 0.6 is 15.9 Å². The van der Waals surface area contributed by atoms with Crippen LogP contribution in [-0.4, -0.2) is 17.8 Å². The zero-order valence-corrected chi connectivity index (χ0v) is 17.9. The first kappa shape index (κ1) is 18.3. The van der Waals surface area contributed by atoms with Crippen molar-refractivity contribution >= 4 is 21.6 Å². The van der Waals surface area contributed by atoms with Gasteiger partial charge in [0.15, 0.2) is 0 Å². The smallest absolute Gasteiger partial charge is 0.217 e. The van der Waals surface area contributed by atoms with Gasteiger partial charge in [0.05, 0.1) is 24.4 Å². The van der Waals surface area contributed by atoms with Crippen LogP contribution in [-0.2, 0) is 0 Å². The van der Waals surface area contributed by atoms with Crippen molar-refractivity contribution < 1.29 is 9.47 Å². The Kier molecular flexibility index (Phi) is 4.55. The molecule has 0 radical (unpaired) electrons. The molecule has 0 unspecified atom stereocenters. The summed E-state index contributed by atoms with van der Waals surface area (Å²) in [5.41, 5.74) is 5.60. The van der Waals surface area contributed by atoms with Gasteiger partial charge in [0.25, 0.3) is 0 Å². The lowest BCUT2D eigenvalue weighted by Gasteiger charge is -2.38. The first-order chi connectivity index (χ1) is 14.1. The van der Waals surface area contributed by atoms with E-state index in [0.717, 1.165) is 39.2 Å². The molecule has 0 amide bonds. The molecule has 2 aliphatic heterocycles. The predicted octanol–water partition coefficient (Wildman–Crippen LogP) is 6.01. The fraction of sp³-hybridized carbons (Fsp3) is 0.208. The molecule has 5 rings (SSSR count). The summed E-state index contributed by atoms with van der Waals surface area (Å²) in [4.78, 5) is 0. The van der Waals surface area contributed by atoms with Crippen LogP contribution in [0, 0.1) is 6.92 Å². The molecule has 0 spiro atoms. The maximum absolute atomic E-state index is 6.45. The highest BCUT2D eigenvalue weighted by Crippen LogP contribution is 2.49. The second kappa shape index (κ2) is 7.23. The molecule has 29 heavy (non-hydrogen) atoms. The van der Waals surface area contributed by atoms with Crippen molar-refractivity contribution in [2.45, 2.75) is 25.6 Å². The molecule has 5 heteroatoms. The highest BCUT2D eigenvalue weighted by atomic mass is 79.9. The number of hydrazone groups is 1. The van der Waals surface area contributed by atoms with Gasteiger partial charge < -0.3 is 9.47 Å². The van der Waals surface area contributed by atoms with Gasteiger partial charge in [-0.3, -0.25) is 0 Å². The van der Waals surface area contributed by atoms with Gasteiger partial charge in [-0.25, -0.2) is 5.01 Å². The van der Waals surface area contributed by atoms with Crippen LogP contribution < -0.4 is 9.47 Å². The monoisotopic (exact) mass is 448 g/mol. The molecule has 0 saturated carbocycles. The van der Waals surface area contributed by atoms with E-state index in [2.05, 4.69) is 64.3 Å². The third-order valence-electron chi connectivity index (χ3n) is 5.54. The topological polar surface area (TPSA) is 34.1 Å². The maximum Gasteiger partial charge on any atom is 0.217 e. The van der Waals surface area contributed by atoms with Crippen LogP contribution in [0.3, 0.4) is 0 Å². The minimum absolute atomic E-state index is 0.130. The summed E-state index contributed by atoms with van der Waals surface area (Å²) < 4.78 is 13.1. The first-order valence-electron chi connectivity index (χ1n) is 9.66. The number of hydrogen-bond acceptors (Lipinski definition) is 4. The number of methoxy groups -OCH3 is 1. The Morgan fingerprint density at radius 3 is 2.62 bits per heavy atom. The molecular weight excluding hydrogens is 428 g/mol. The molecule has 0 aliphatic carbocycles. The summed E-state index contributed by atoms with van der Waals surface area (Å²) >= 11 is 3.59. The van der Waals surface area contributed by atoms with Crippen LogP contribution in [0.1, 0.15) is 40.9 Å². The van der Waals surface area contributed by atoms with Crippen LogP contribution in [0.2, 0.25) is 0 Å². The zero-order chi connectivity index (χ0) is 20.0. The number of hydrogen-bond donors (Lipinski definition) is 0. The summed E-state index contributed by atoms with van der Waals surface area (Å²) in [7, 11) is 1.69. The van der Waals surface area contributed by atoms with Gasteiger partial charge in [0.1, 0.15) is 11.5 Å².